The summed E-state index contributed by atoms with van der Waals surface area (Å²) >= 11 is 0. The van der Waals surface area contributed by atoms with Crippen molar-refractivity contribution in [1.82, 2.24) is 0 Å². The molecule has 0 heterocycles. The first-order valence-corrected chi connectivity index (χ1v) is 19.4. The van der Waals surface area contributed by atoms with Crippen LogP contribution in [0, 0.1) is 0 Å². The molecule has 3 nitrogen and oxygen atoms in total. The minimum Gasteiger partial charge on any atom is -0.371 e. The van der Waals surface area contributed by atoms with E-state index in [1.54, 1.807) is 0 Å². The maximum Gasteiger partial charge on any atom is 0.254 e. The summed E-state index contributed by atoms with van der Waals surface area (Å²) in [6.07, 6.45) is 2.00. The number of hydrogen-bond donors (Lipinski definition) is 0. The van der Waals surface area contributed by atoms with E-state index < -0.39 is 30.9 Å². The highest BCUT2D eigenvalue weighted by Gasteiger charge is 2.44. The van der Waals surface area contributed by atoms with Crippen molar-refractivity contribution in [3.05, 3.63) is 0 Å². The first-order valence-electron chi connectivity index (χ1n) is 7.79. The van der Waals surface area contributed by atoms with Crippen molar-refractivity contribution in [2.24, 2.45) is 0 Å². The van der Waals surface area contributed by atoms with Crippen molar-refractivity contribution in [3.63, 3.8) is 0 Å². The maximum absolute atomic E-state index is 6.46. The highest BCUT2D eigenvalue weighted by atomic mass is 28.4. The van der Waals surface area contributed by atoms with Crippen molar-refractivity contribution in [3.8, 4) is 0 Å². The number of hydrogen-bond acceptors (Lipinski definition) is 3. The molecule has 0 N–H and O–H groups in total. The Bertz CT molecular complexity index is 249. The SMILES string of the molecule is C[Si](C)(C)OC(CCC[SiH3])(O[Si](C)(C)C)O[Si](C)(C)C. The smallest absolute Gasteiger partial charge is 0.254 e. The summed E-state index contributed by atoms with van der Waals surface area (Å²) in [6, 6.07) is 1.26. The average Bonchev–Trinajstić information content (AvgIpc) is 2.05. The minimum absolute atomic E-state index is 0.788. The third-order valence-electron chi connectivity index (χ3n) is 2.22. The fourth-order valence-corrected chi connectivity index (χ4v) is 5.97. The predicted octanol–water partition coefficient (Wildman–Crippen LogP) is 3.76. The lowest BCUT2D eigenvalue weighted by Crippen LogP contribution is -2.55. The van der Waals surface area contributed by atoms with Gasteiger partial charge in [0.2, 0.25) is 0 Å². The van der Waals surface area contributed by atoms with Crippen LogP contribution in [0.25, 0.3) is 0 Å². The van der Waals surface area contributed by atoms with E-state index in [0.29, 0.717) is 0 Å². The van der Waals surface area contributed by atoms with Gasteiger partial charge in [-0.25, -0.2) is 0 Å². The summed E-state index contributed by atoms with van der Waals surface area (Å²) < 4.78 is 19.4. The lowest BCUT2D eigenvalue weighted by atomic mass is 10.3. The van der Waals surface area contributed by atoms with E-state index in [9.17, 15) is 0 Å². The molecule has 0 aromatic rings. The maximum atomic E-state index is 6.46. The van der Waals surface area contributed by atoms with Crippen molar-refractivity contribution < 1.29 is 13.3 Å². The van der Waals surface area contributed by atoms with E-state index in [2.05, 4.69) is 58.9 Å². The fraction of sp³-hybridized carbons (Fsp3) is 1.00. The van der Waals surface area contributed by atoms with E-state index in [1.165, 1.54) is 16.3 Å². The second-order valence-corrected chi connectivity index (χ2v) is 22.7. The summed E-state index contributed by atoms with van der Waals surface area (Å²) in [4.78, 5) is 0. The minimum atomic E-state index is -1.74. The van der Waals surface area contributed by atoms with Crippen LogP contribution in [0.3, 0.4) is 0 Å². The third-order valence-corrected chi connectivity index (χ3v) is 5.70. The quantitative estimate of drug-likeness (QED) is 0.467. The van der Waals surface area contributed by atoms with Gasteiger partial charge in [0.25, 0.3) is 5.97 Å². The van der Waals surface area contributed by atoms with E-state index in [1.807, 2.05) is 0 Å². The molecule has 0 atom stereocenters. The zero-order valence-corrected chi connectivity index (χ0v) is 20.3. The highest BCUT2D eigenvalue weighted by molar-refractivity contribution is 6.72. The van der Waals surface area contributed by atoms with Gasteiger partial charge in [-0.15, -0.1) is 0 Å². The van der Waals surface area contributed by atoms with Gasteiger partial charge in [0.15, 0.2) is 25.0 Å². The Morgan fingerprint density at radius 2 is 1.00 bits per heavy atom. The van der Waals surface area contributed by atoms with Crippen LogP contribution in [0.4, 0.5) is 0 Å². The first-order chi connectivity index (χ1) is 8.68. The Kier molecular flexibility index (Phi) is 7.62. The van der Waals surface area contributed by atoms with Gasteiger partial charge in [0.1, 0.15) is 0 Å². The molecule has 0 saturated heterocycles. The van der Waals surface area contributed by atoms with Gasteiger partial charge in [-0.2, -0.15) is 0 Å². The molecule has 0 rings (SSSR count). The zero-order valence-electron chi connectivity index (χ0n) is 15.3. The summed E-state index contributed by atoms with van der Waals surface area (Å²) in [5, 5.41) is 0. The van der Waals surface area contributed by atoms with Crippen LogP contribution in [0.2, 0.25) is 65.0 Å². The molecular weight excluding hydrogens is 316 g/mol. The van der Waals surface area contributed by atoms with Crippen molar-refractivity contribution >= 4 is 35.2 Å². The van der Waals surface area contributed by atoms with E-state index in [4.69, 9.17) is 13.3 Å². The third kappa shape index (κ3) is 10.5. The topological polar surface area (TPSA) is 27.7 Å². The molecular formula is C13H36O3Si4. The average molecular weight is 353 g/mol. The van der Waals surface area contributed by atoms with Gasteiger partial charge >= 0.3 is 0 Å². The summed E-state index contributed by atoms with van der Waals surface area (Å²) in [5.74, 6) is -0.788. The Labute approximate surface area is 132 Å². The van der Waals surface area contributed by atoms with Gasteiger partial charge in [-0.3, -0.25) is 0 Å². The Morgan fingerprint density at radius 3 is 1.20 bits per heavy atom. The zero-order chi connectivity index (χ0) is 16.2. The van der Waals surface area contributed by atoms with Crippen LogP contribution < -0.4 is 0 Å². The van der Waals surface area contributed by atoms with Crippen molar-refractivity contribution in [2.75, 3.05) is 0 Å². The van der Waals surface area contributed by atoms with Crippen molar-refractivity contribution in [2.45, 2.75) is 83.8 Å². The van der Waals surface area contributed by atoms with Crippen LogP contribution in [0.1, 0.15) is 12.8 Å². The molecule has 0 radical (unpaired) electrons. The first kappa shape index (κ1) is 20.7. The molecule has 0 aliphatic rings. The summed E-state index contributed by atoms with van der Waals surface area (Å²) in [7, 11) is -3.98. The predicted molar refractivity (Wildman–Crippen MR) is 100 cm³/mol. The fourth-order valence-electron chi connectivity index (χ4n) is 2.01. The van der Waals surface area contributed by atoms with Crippen LogP contribution >= 0.6 is 0 Å². The van der Waals surface area contributed by atoms with Gasteiger partial charge < -0.3 is 13.3 Å². The molecule has 0 aromatic carbocycles. The second kappa shape index (κ2) is 7.34. The molecule has 0 saturated carbocycles. The molecule has 0 aromatic heterocycles. The summed E-state index contributed by atoms with van der Waals surface area (Å²) in [5.41, 5.74) is 0. The lowest BCUT2D eigenvalue weighted by Gasteiger charge is -2.45. The Morgan fingerprint density at radius 1 is 0.700 bits per heavy atom. The van der Waals surface area contributed by atoms with Gasteiger partial charge in [0.05, 0.1) is 0 Å². The monoisotopic (exact) mass is 352 g/mol. The second-order valence-electron chi connectivity index (χ2n) is 8.43. The van der Waals surface area contributed by atoms with Crippen LogP contribution in [0.15, 0.2) is 0 Å². The molecule has 20 heavy (non-hydrogen) atoms. The molecule has 0 unspecified atom stereocenters. The standard InChI is InChI=1S/C13H36O3Si4/c1-18(2,3)14-13(11-10-12-17,15-19(4,5)6)16-20(7,8)9/h10-12H2,1-9,17H3. The molecule has 0 amide bonds. The molecule has 122 valence electrons. The molecule has 7 heteroatoms. The van der Waals surface area contributed by atoms with E-state index in [0.717, 1.165) is 12.8 Å². The molecule has 0 aliphatic heterocycles. The highest BCUT2D eigenvalue weighted by Crippen LogP contribution is 2.33. The Balaban J connectivity index is 5.38. The summed E-state index contributed by atoms with van der Waals surface area (Å²) in [6.45, 7) is 19.9. The molecule has 0 fully saturated rings. The molecule has 0 bridgehead atoms. The lowest BCUT2D eigenvalue weighted by molar-refractivity contribution is -0.273. The van der Waals surface area contributed by atoms with Crippen LogP contribution in [-0.2, 0) is 13.3 Å². The largest absolute Gasteiger partial charge is 0.371 e. The van der Waals surface area contributed by atoms with Gasteiger partial charge in [-0.05, 0) is 65.3 Å². The van der Waals surface area contributed by atoms with Gasteiger partial charge in [0, 0.05) is 16.7 Å². The van der Waals surface area contributed by atoms with Gasteiger partial charge in [-0.1, -0.05) is 6.04 Å². The van der Waals surface area contributed by atoms with E-state index >= 15 is 0 Å². The van der Waals surface area contributed by atoms with Crippen LogP contribution in [0.5, 0.6) is 0 Å². The molecule has 0 aliphatic carbocycles. The van der Waals surface area contributed by atoms with E-state index in [-0.39, 0.29) is 0 Å². The van der Waals surface area contributed by atoms with Crippen molar-refractivity contribution in [1.29, 1.82) is 0 Å². The van der Waals surface area contributed by atoms with Crippen LogP contribution in [-0.4, -0.2) is 41.2 Å². The Hall–Kier alpha value is 0.748. The number of rotatable bonds is 9. The normalized spacial score (nSPS) is 14.8. The molecule has 0 spiro atoms.